The maximum absolute atomic E-state index is 15.2. The molecule has 0 unspecified atom stereocenters. The van der Waals surface area contributed by atoms with Gasteiger partial charge in [-0.1, -0.05) is 16.8 Å². The van der Waals surface area contributed by atoms with Crippen LogP contribution in [-0.2, 0) is 4.79 Å². The number of halogens is 6. The molecule has 0 aliphatic heterocycles. The molecule has 1 N–H and O–H groups in total. The highest BCUT2D eigenvalue weighted by atomic mass is 35.5. The average Bonchev–Trinajstić information content (AvgIpc) is 3.26. The van der Waals surface area contributed by atoms with Crippen molar-refractivity contribution in [3.8, 4) is 22.5 Å². The van der Waals surface area contributed by atoms with Crippen molar-refractivity contribution in [2.24, 2.45) is 0 Å². The van der Waals surface area contributed by atoms with Crippen molar-refractivity contribution in [1.29, 1.82) is 0 Å². The summed E-state index contributed by atoms with van der Waals surface area (Å²) in [6, 6.07) is 1.22. The Morgan fingerprint density at radius 2 is 1.76 bits per heavy atom. The highest BCUT2D eigenvalue weighted by Gasteiger charge is 2.45. The van der Waals surface area contributed by atoms with Crippen molar-refractivity contribution in [2.75, 3.05) is 13.1 Å². The third-order valence-corrected chi connectivity index (χ3v) is 5.56. The number of carbonyl (C=O) groups is 2. The van der Waals surface area contributed by atoms with Gasteiger partial charge in [0.2, 0.25) is 11.7 Å². The molecule has 0 aliphatic rings. The SMILES string of the molecule is CCN(C(=O)N[C@H](C)c1ncc(-c2cc(Cl)cc(F)c2-c2noc(C)n2)cc1F)N(CC)C(=O)C(F)(F)F. The lowest BCUT2D eigenvalue weighted by atomic mass is 9.99. The van der Waals surface area contributed by atoms with E-state index in [1.807, 2.05) is 0 Å². The van der Waals surface area contributed by atoms with Crippen LogP contribution in [0.15, 0.2) is 28.9 Å². The predicted molar refractivity (Wildman–Crippen MR) is 125 cm³/mol. The van der Waals surface area contributed by atoms with Crippen molar-refractivity contribution in [1.82, 2.24) is 30.5 Å². The lowest BCUT2D eigenvalue weighted by Crippen LogP contribution is -2.56. The Balaban J connectivity index is 1.90. The van der Waals surface area contributed by atoms with Gasteiger partial charge in [-0.05, 0) is 44.5 Å². The first-order chi connectivity index (χ1) is 17.8. The van der Waals surface area contributed by atoms with Gasteiger partial charge in [-0.15, -0.1) is 0 Å². The van der Waals surface area contributed by atoms with Gasteiger partial charge in [0.15, 0.2) is 0 Å². The van der Waals surface area contributed by atoms with Gasteiger partial charge < -0.3 is 9.84 Å². The summed E-state index contributed by atoms with van der Waals surface area (Å²) in [5.41, 5.74) is -0.143. The van der Waals surface area contributed by atoms with Gasteiger partial charge in [0.25, 0.3) is 0 Å². The van der Waals surface area contributed by atoms with Crippen molar-refractivity contribution >= 4 is 23.5 Å². The van der Waals surface area contributed by atoms with E-state index >= 15 is 4.39 Å². The summed E-state index contributed by atoms with van der Waals surface area (Å²) < 4.78 is 73.7. The third kappa shape index (κ3) is 6.01. The van der Waals surface area contributed by atoms with E-state index in [2.05, 4.69) is 20.4 Å². The highest BCUT2D eigenvalue weighted by molar-refractivity contribution is 6.31. The lowest BCUT2D eigenvalue weighted by Gasteiger charge is -2.34. The summed E-state index contributed by atoms with van der Waals surface area (Å²) in [7, 11) is 0. The van der Waals surface area contributed by atoms with Gasteiger partial charge in [0.05, 0.1) is 17.3 Å². The first-order valence-corrected chi connectivity index (χ1v) is 11.6. The van der Waals surface area contributed by atoms with Crippen LogP contribution in [0, 0.1) is 18.6 Å². The van der Waals surface area contributed by atoms with E-state index in [1.165, 1.54) is 40.0 Å². The Labute approximate surface area is 218 Å². The van der Waals surface area contributed by atoms with Crippen LogP contribution in [-0.4, -0.2) is 56.3 Å². The summed E-state index contributed by atoms with van der Waals surface area (Å²) in [6.07, 6.45) is -4.00. The molecule has 2 heterocycles. The van der Waals surface area contributed by atoms with Gasteiger partial charge in [-0.2, -0.15) is 18.2 Å². The maximum atomic E-state index is 15.2. The van der Waals surface area contributed by atoms with Crippen molar-refractivity contribution in [2.45, 2.75) is 39.9 Å². The molecule has 38 heavy (non-hydrogen) atoms. The number of hydrogen-bond donors (Lipinski definition) is 1. The number of hydrazine groups is 1. The molecule has 0 spiro atoms. The maximum Gasteiger partial charge on any atom is 0.473 e. The van der Waals surface area contributed by atoms with E-state index in [4.69, 9.17) is 16.1 Å². The summed E-state index contributed by atoms with van der Waals surface area (Å²) >= 11 is 6.01. The molecule has 1 atom stereocenters. The predicted octanol–water partition coefficient (Wildman–Crippen LogP) is 5.46. The lowest BCUT2D eigenvalue weighted by molar-refractivity contribution is -0.197. The molecular formula is C23H22ClF5N6O3. The number of benzene rings is 1. The topological polar surface area (TPSA) is 104 Å². The van der Waals surface area contributed by atoms with Gasteiger partial charge >= 0.3 is 18.1 Å². The Kier molecular flexibility index (Phi) is 8.54. The van der Waals surface area contributed by atoms with Crippen molar-refractivity contribution in [3.63, 3.8) is 0 Å². The summed E-state index contributed by atoms with van der Waals surface area (Å²) in [6.45, 7) is 4.79. The fraction of sp³-hybridized carbons (Fsp3) is 0.348. The molecule has 3 aromatic rings. The molecule has 0 fully saturated rings. The largest absolute Gasteiger partial charge is 0.473 e. The Morgan fingerprint density at radius 1 is 1.11 bits per heavy atom. The van der Waals surface area contributed by atoms with Gasteiger partial charge in [0.1, 0.15) is 11.6 Å². The third-order valence-electron chi connectivity index (χ3n) is 5.34. The molecule has 204 valence electrons. The molecule has 2 aromatic heterocycles. The monoisotopic (exact) mass is 560 g/mol. The molecule has 15 heteroatoms. The molecule has 0 saturated heterocycles. The second kappa shape index (κ2) is 11.3. The fourth-order valence-corrected chi connectivity index (χ4v) is 3.87. The minimum atomic E-state index is -5.20. The number of amides is 3. The number of nitrogens with zero attached hydrogens (tertiary/aromatic N) is 5. The molecule has 0 radical (unpaired) electrons. The van der Waals surface area contributed by atoms with E-state index in [-0.39, 0.29) is 50.7 Å². The average molecular weight is 561 g/mol. The van der Waals surface area contributed by atoms with Gasteiger partial charge in [-0.3, -0.25) is 9.78 Å². The number of aromatic nitrogens is 3. The standard InChI is InChI=1S/C23H22ClF5N6O3/c1-5-34(21(36)23(27,28)29)35(6-2)22(37)31-11(3)19-17(26)7-13(10-30-19)15-8-14(24)9-16(25)18(15)20-32-12(4)38-33-20/h7-11H,5-6H2,1-4H3,(H,31,37)/t11-/m1/s1. The zero-order valence-electron chi connectivity index (χ0n) is 20.5. The number of nitrogens with one attached hydrogen (secondary N) is 1. The zero-order valence-corrected chi connectivity index (χ0v) is 21.3. The van der Waals surface area contributed by atoms with Gasteiger partial charge in [0, 0.05) is 36.8 Å². The van der Waals surface area contributed by atoms with Crippen LogP contribution in [0.1, 0.15) is 38.4 Å². The second-order valence-corrected chi connectivity index (χ2v) is 8.38. The minimum Gasteiger partial charge on any atom is -0.339 e. The summed E-state index contributed by atoms with van der Waals surface area (Å²) in [5, 5.41) is 6.86. The molecule has 1 aromatic carbocycles. The quantitative estimate of drug-likeness (QED) is 0.317. The Morgan fingerprint density at radius 3 is 2.29 bits per heavy atom. The number of urea groups is 1. The molecule has 0 bridgehead atoms. The van der Waals surface area contributed by atoms with Crippen molar-refractivity contribution < 1.29 is 36.1 Å². The summed E-state index contributed by atoms with van der Waals surface area (Å²) in [4.78, 5) is 32.4. The van der Waals surface area contributed by atoms with Crippen LogP contribution in [0.5, 0.6) is 0 Å². The van der Waals surface area contributed by atoms with Crippen LogP contribution in [0.4, 0.5) is 26.7 Å². The van der Waals surface area contributed by atoms with Crippen LogP contribution in [0.3, 0.4) is 0 Å². The number of pyridine rings is 1. The first-order valence-electron chi connectivity index (χ1n) is 11.2. The highest BCUT2D eigenvalue weighted by Crippen LogP contribution is 2.36. The number of carbonyl (C=O) groups excluding carboxylic acids is 2. The number of alkyl halides is 3. The molecule has 0 saturated carbocycles. The number of rotatable bonds is 6. The smallest absolute Gasteiger partial charge is 0.339 e. The fourth-order valence-electron chi connectivity index (χ4n) is 3.67. The van der Waals surface area contributed by atoms with E-state index < -0.39 is 42.3 Å². The molecule has 3 rings (SSSR count). The van der Waals surface area contributed by atoms with Crippen LogP contribution in [0.25, 0.3) is 22.5 Å². The van der Waals surface area contributed by atoms with E-state index in [0.29, 0.717) is 5.01 Å². The van der Waals surface area contributed by atoms with Crippen LogP contribution >= 0.6 is 11.6 Å². The molecule has 3 amide bonds. The Bertz CT molecular complexity index is 1350. The molecule has 0 aliphatic carbocycles. The second-order valence-electron chi connectivity index (χ2n) is 7.94. The van der Waals surface area contributed by atoms with Gasteiger partial charge in [-0.25, -0.2) is 23.6 Å². The summed E-state index contributed by atoms with van der Waals surface area (Å²) in [5.74, 6) is -3.84. The number of hydrogen-bond acceptors (Lipinski definition) is 6. The van der Waals surface area contributed by atoms with Crippen LogP contribution in [0.2, 0.25) is 5.02 Å². The normalized spacial score (nSPS) is 12.3. The van der Waals surface area contributed by atoms with Crippen LogP contribution < -0.4 is 5.32 Å². The Hall–Kier alpha value is -3.81. The number of aryl methyl sites for hydroxylation is 1. The van der Waals surface area contributed by atoms with E-state index in [9.17, 15) is 27.2 Å². The van der Waals surface area contributed by atoms with E-state index in [0.717, 1.165) is 12.1 Å². The molecular weight excluding hydrogens is 539 g/mol. The minimum absolute atomic E-state index is 0.0140. The first kappa shape index (κ1) is 28.8. The van der Waals surface area contributed by atoms with E-state index in [1.54, 1.807) is 0 Å². The molecule has 9 nitrogen and oxygen atoms in total. The zero-order chi connectivity index (χ0) is 28.4. The van der Waals surface area contributed by atoms with Crippen molar-refractivity contribution in [3.05, 3.63) is 52.6 Å².